The molecule has 0 aromatic carbocycles. The number of aryl methyl sites for hydroxylation is 1. The van der Waals surface area contributed by atoms with Gasteiger partial charge in [-0.1, -0.05) is 0 Å². The first-order chi connectivity index (χ1) is 5.34. The van der Waals surface area contributed by atoms with Crippen LogP contribution in [0, 0.1) is 0 Å². The van der Waals surface area contributed by atoms with Crippen LogP contribution in [0.3, 0.4) is 0 Å². The summed E-state index contributed by atoms with van der Waals surface area (Å²) in [5, 5.41) is 0. The number of nitrogens with two attached hydrogens (primary N) is 1. The van der Waals surface area contributed by atoms with E-state index in [-0.39, 0.29) is 0 Å². The number of ether oxygens (including phenoxy) is 1. The smallest absolute Gasteiger partial charge is 0.213 e. The van der Waals surface area contributed by atoms with Crippen molar-refractivity contribution in [3.63, 3.8) is 0 Å². The summed E-state index contributed by atoms with van der Waals surface area (Å²) in [5.74, 6) is 0.790. The van der Waals surface area contributed by atoms with Gasteiger partial charge in [-0.2, -0.15) is 0 Å². The van der Waals surface area contributed by atoms with Crippen molar-refractivity contribution in [1.29, 1.82) is 0 Å². The Balaban J connectivity index is 2.32. The van der Waals surface area contributed by atoms with Gasteiger partial charge in [-0.05, 0) is 13.0 Å². The third kappa shape index (κ3) is 2.23. The fourth-order valence-electron chi connectivity index (χ4n) is 0.744. The van der Waals surface area contributed by atoms with Crippen LogP contribution in [-0.2, 0) is 7.05 Å². The summed E-state index contributed by atoms with van der Waals surface area (Å²) in [6.45, 7) is 1.33. The molecule has 0 unspecified atom stereocenters. The predicted octanol–water partition coefficient (Wildman–Crippen LogP) is 0.148. The summed E-state index contributed by atoms with van der Waals surface area (Å²) < 4.78 is 7.17. The second kappa shape index (κ2) is 3.98. The minimum absolute atomic E-state index is 0.663. The summed E-state index contributed by atoms with van der Waals surface area (Å²) in [5.41, 5.74) is 5.30. The third-order valence-corrected chi connectivity index (χ3v) is 1.37. The number of aromatic nitrogens is 2. The van der Waals surface area contributed by atoms with Gasteiger partial charge in [-0.25, -0.2) is 4.98 Å². The Bertz CT molecular complexity index is 209. The van der Waals surface area contributed by atoms with Gasteiger partial charge in [0.25, 0.3) is 0 Å². The minimum atomic E-state index is 0.663. The van der Waals surface area contributed by atoms with Crippen molar-refractivity contribution in [2.45, 2.75) is 6.42 Å². The van der Waals surface area contributed by atoms with Crippen LogP contribution >= 0.6 is 0 Å². The maximum atomic E-state index is 5.34. The molecule has 0 spiro atoms. The second-order valence-corrected chi connectivity index (χ2v) is 2.33. The average molecular weight is 155 g/mol. The molecule has 0 radical (unpaired) electrons. The molecular formula is C7H13N3O. The molecule has 0 saturated heterocycles. The number of hydrogen-bond acceptors (Lipinski definition) is 3. The van der Waals surface area contributed by atoms with Gasteiger partial charge in [-0.15, -0.1) is 0 Å². The molecule has 4 nitrogen and oxygen atoms in total. The highest BCUT2D eigenvalue weighted by molar-refractivity contribution is 5.04. The van der Waals surface area contributed by atoms with Crippen LogP contribution in [0.15, 0.2) is 12.5 Å². The van der Waals surface area contributed by atoms with Gasteiger partial charge in [0.1, 0.15) is 0 Å². The first kappa shape index (κ1) is 8.07. The molecule has 4 heteroatoms. The summed E-state index contributed by atoms with van der Waals surface area (Å²) in [7, 11) is 1.89. The lowest BCUT2D eigenvalue weighted by molar-refractivity contribution is 0.291. The average Bonchev–Trinajstić information content (AvgIpc) is 2.37. The van der Waals surface area contributed by atoms with E-state index >= 15 is 0 Å². The van der Waals surface area contributed by atoms with Crippen LogP contribution in [0.1, 0.15) is 6.42 Å². The van der Waals surface area contributed by atoms with Gasteiger partial charge < -0.3 is 15.0 Å². The largest absolute Gasteiger partial charge is 0.478 e. The normalized spacial score (nSPS) is 10.0. The molecule has 0 aliphatic carbocycles. The summed E-state index contributed by atoms with van der Waals surface area (Å²) in [6, 6.07) is 0. The SMILES string of the molecule is Cn1cncc1OCCCN. The molecule has 0 aliphatic heterocycles. The highest BCUT2D eigenvalue weighted by Crippen LogP contribution is 2.06. The molecule has 2 N–H and O–H groups in total. The number of imidazole rings is 1. The quantitative estimate of drug-likeness (QED) is 0.629. The predicted molar refractivity (Wildman–Crippen MR) is 42.4 cm³/mol. The maximum Gasteiger partial charge on any atom is 0.213 e. The minimum Gasteiger partial charge on any atom is -0.478 e. The van der Waals surface area contributed by atoms with E-state index in [1.807, 2.05) is 11.6 Å². The van der Waals surface area contributed by atoms with Crippen LogP contribution in [0.2, 0.25) is 0 Å². The lowest BCUT2D eigenvalue weighted by Crippen LogP contribution is -2.07. The van der Waals surface area contributed by atoms with Crippen molar-refractivity contribution >= 4 is 0 Å². The van der Waals surface area contributed by atoms with Gasteiger partial charge in [0.05, 0.1) is 19.1 Å². The molecule has 0 bridgehead atoms. The molecule has 0 atom stereocenters. The Morgan fingerprint density at radius 2 is 2.55 bits per heavy atom. The lowest BCUT2D eigenvalue weighted by atomic mass is 10.5. The second-order valence-electron chi connectivity index (χ2n) is 2.33. The topological polar surface area (TPSA) is 53.1 Å². The monoisotopic (exact) mass is 155 g/mol. The zero-order valence-corrected chi connectivity index (χ0v) is 6.66. The molecule has 1 aromatic heterocycles. The van der Waals surface area contributed by atoms with Crippen LogP contribution < -0.4 is 10.5 Å². The van der Waals surface area contributed by atoms with Crippen molar-refractivity contribution < 1.29 is 4.74 Å². The molecule has 1 aromatic rings. The molecule has 1 heterocycles. The highest BCUT2D eigenvalue weighted by atomic mass is 16.5. The van der Waals surface area contributed by atoms with Crippen LogP contribution in [0.25, 0.3) is 0 Å². The van der Waals surface area contributed by atoms with Crippen molar-refractivity contribution in [2.75, 3.05) is 13.2 Å². The van der Waals surface area contributed by atoms with Gasteiger partial charge in [-0.3, -0.25) is 0 Å². The summed E-state index contributed by atoms with van der Waals surface area (Å²) in [4.78, 5) is 3.91. The summed E-state index contributed by atoms with van der Waals surface area (Å²) in [6.07, 6.45) is 4.28. The zero-order valence-electron chi connectivity index (χ0n) is 6.66. The third-order valence-electron chi connectivity index (χ3n) is 1.37. The zero-order chi connectivity index (χ0) is 8.10. The molecule has 0 fully saturated rings. The van der Waals surface area contributed by atoms with E-state index in [1.165, 1.54) is 0 Å². The van der Waals surface area contributed by atoms with E-state index < -0.39 is 0 Å². The van der Waals surface area contributed by atoms with Crippen LogP contribution in [0.5, 0.6) is 5.88 Å². The van der Waals surface area contributed by atoms with Gasteiger partial charge in [0.2, 0.25) is 5.88 Å². The molecule has 62 valence electrons. The van der Waals surface area contributed by atoms with Crippen molar-refractivity contribution in [1.82, 2.24) is 9.55 Å². The maximum absolute atomic E-state index is 5.34. The van der Waals surface area contributed by atoms with E-state index in [4.69, 9.17) is 10.5 Å². The molecule has 1 rings (SSSR count). The number of hydrogen-bond donors (Lipinski definition) is 1. The first-order valence-corrected chi connectivity index (χ1v) is 3.64. The van der Waals surface area contributed by atoms with E-state index in [1.54, 1.807) is 12.5 Å². The van der Waals surface area contributed by atoms with Gasteiger partial charge in [0.15, 0.2) is 0 Å². The van der Waals surface area contributed by atoms with E-state index in [0.717, 1.165) is 12.3 Å². The Hall–Kier alpha value is -1.03. The highest BCUT2D eigenvalue weighted by Gasteiger charge is 1.96. The Morgan fingerprint density at radius 1 is 1.73 bits per heavy atom. The molecule has 11 heavy (non-hydrogen) atoms. The molecule has 0 saturated carbocycles. The van der Waals surface area contributed by atoms with Crippen molar-refractivity contribution in [3.05, 3.63) is 12.5 Å². The van der Waals surface area contributed by atoms with Crippen molar-refractivity contribution in [3.8, 4) is 5.88 Å². The van der Waals surface area contributed by atoms with Crippen molar-refractivity contribution in [2.24, 2.45) is 12.8 Å². The fraction of sp³-hybridized carbons (Fsp3) is 0.571. The van der Waals surface area contributed by atoms with E-state index in [9.17, 15) is 0 Å². The van der Waals surface area contributed by atoms with E-state index in [2.05, 4.69) is 4.98 Å². The molecular weight excluding hydrogens is 142 g/mol. The Labute approximate surface area is 66.0 Å². The first-order valence-electron chi connectivity index (χ1n) is 3.64. The number of nitrogens with zero attached hydrogens (tertiary/aromatic N) is 2. The van der Waals surface area contributed by atoms with Gasteiger partial charge in [0, 0.05) is 7.05 Å². The summed E-state index contributed by atoms with van der Waals surface area (Å²) >= 11 is 0. The Kier molecular flexibility index (Phi) is 2.92. The van der Waals surface area contributed by atoms with Crippen LogP contribution in [0.4, 0.5) is 0 Å². The van der Waals surface area contributed by atoms with Crippen LogP contribution in [-0.4, -0.2) is 22.7 Å². The van der Waals surface area contributed by atoms with E-state index in [0.29, 0.717) is 13.2 Å². The molecule has 0 amide bonds. The molecule has 0 aliphatic rings. The van der Waals surface area contributed by atoms with Gasteiger partial charge >= 0.3 is 0 Å². The Morgan fingerprint density at radius 3 is 3.09 bits per heavy atom. The fourth-order valence-corrected chi connectivity index (χ4v) is 0.744. The lowest BCUT2D eigenvalue weighted by Gasteiger charge is -2.03. The standard InChI is InChI=1S/C7H13N3O/c1-10-6-9-5-7(10)11-4-2-3-8/h5-6H,2-4,8H2,1H3. The number of rotatable bonds is 4.